The molecule has 162 valence electrons. The molecule has 2 aromatic rings. The van der Waals surface area contributed by atoms with Crippen molar-refractivity contribution in [2.45, 2.75) is 33.1 Å². The summed E-state index contributed by atoms with van der Waals surface area (Å²) < 4.78 is 0. The van der Waals surface area contributed by atoms with E-state index in [4.69, 9.17) is 0 Å². The molecule has 0 aliphatic rings. The van der Waals surface area contributed by atoms with Crippen LogP contribution in [0.3, 0.4) is 0 Å². The Hall–Kier alpha value is -2.64. The fraction of sp³-hybridized carbons (Fsp3) is 0.348. The fourth-order valence-electron chi connectivity index (χ4n) is 3.48. The SMILES string of the molecule is C=C(S)N(C(=NC)c1cc(C(C)C)c(O)cc1O)c1ccc(O)c([NH+](C)CCC)c1. The number of phenols is 3. The van der Waals surface area contributed by atoms with E-state index in [0.717, 1.165) is 23.6 Å². The third kappa shape index (κ3) is 4.91. The Morgan fingerprint density at radius 1 is 1.13 bits per heavy atom. The second kappa shape index (κ2) is 9.91. The Labute approximate surface area is 184 Å². The maximum atomic E-state index is 10.6. The molecule has 0 spiro atoms. The number of rotatable bonds is 7. The molecule has 2 rings (SSSR count). The third-order valence-corrected chi connectivity index (χ3v) is 5.21. The van der Waals surface area contributed by atoms with Crippen molar-refractivity contribution in [2.24, 2.45) is 4.99 Å². The predicted molar refractivity (Wildman–Crippen MR) is 127 cm³/mol. The zero-order valence-electron chi connectivity index (χ0n) is 18.3. The molecule has 4 N–H and O–H groups in total. The summed E-state index contributed by atoms with van der Waals surface area (Å²) in [5, 5.41) is 31.5. The van der Waals surface area contributed by atoms with Crippen LogP contribution in [0.1, 0.15) is 44.2 Å². The van der Waals surface area contributed by atoms with E-state index in [1.54, 1.807) is 30.1 Å². The van der Waals surface area contributed by atoms with Crippen LogP contribution in [0.5, 0.6) is 17.2 Å². The lowest BCUT2D eigenvalue weighted by Crippen LogP contribution is -3.03. The van der Waals surface area contributed by atoms with Gasteiger partial charge in [-0.15, -0.1) is 12.6 Å². The minimum Gasteiger partial charge on any atom is -0.508 e. The average molecular weight is 431 g/mol. The molecule has 0 heterocycles. The number of amidine groups is 1. The number of thiol groups is 1. The van der Waals surface area contributed by atoms with Gasteiger partial charge in [-0.3, -0.25) is 9.89 Å². The highest BCUT2D eigenvalue weighted by molar-refractivity contribution is 7.84. The fourth-order valence-corrected chi connectivity index (χ4v) is 3.69. The molecule has 0 aliphatic heterocycles. The van der Waals surface area contributed by atoms with E-state index in [1.165, 1.54) is 6.07 Å². The van der Waals surface area contributed by atoms with Crippen LogP contribution in [-0.4, -0.2) is 41.8 Å². The number of nitrogens with one attached hydrogen (secondary N) is 1. The van der Waals surface area contributed by atoms with E-state index in [9.17, 15) is 15.3 Å². The van der Waals surface area contributed by atoms with Gasteiger partial charge in [-0.05, 0) is 36.1 Å². The molecule has 0 bridgehead atoms. The van der Waals surface area contributed by atoms with Gasteiger partial charge in [-0.25, -0.2) is 0 Å². The Balaban J connectivity index is 2.64. The first kappa shape index (κ1) is 23.6. The Morgan fingerprint density at radius 3 is 2.33 bits per heavy atom. The second-order valence-electron chi connectivity index (χ2n) is 7.61. The predicted octanol–water partition coefficient (Wildman–Crippen LogP) is 3.77. The summed E-state index contributed by atoms with van der Waals surface area (Å²) >= 11 is 4.47. The molecular formula is C23H32N3O3S+. The van der Waals surface area contributed by atoms with Gasteiger partial charge in [-0.1, -0.05) is 27.4 Å². The standard InChI is InChI=1S/C23H31N3O3S/c1-7-10-25(6)19-11-16(8-9-20(19)27)26(15(4)30)23(24-5)18-12-17(14(2)3)21(28)13-22(18)29/h8-9,11-14,27-30H,4,7,10H2,1-3,5-6H3/p+1. The number of quaternary nitrogens is 1. The van der Waals surface area contributed by atoms with Gasteiger partial charge >= 0.3 is 0 Å². The van der Waals surface area contributed by atoms with Crippen molar-refractivity contribution in [1.82, 2.24) is 0 Å². The molecule has 0 amide bonds. The number of anilines is 1. The molecule has 0 aromatic heterocycles. The molecular weight excluding hydrogens is 398 g/mol. The number of hydrogen-bond acceptors (Lipinski definition) is 5. The lowest BCUT2D eigenvalue weighted by molar-refractivity contribution is -0.810. The number of phenolic OH excluding ortho intramolecular Hbond substituents is 3. The summed E-state index contributed by atoms with van der Waals surface area (Å²) in [6.07, 6.45) is 0.972. The number of benzene rings is 2. The van der Waals surface area contributed by atoms with Crippen LogP contribution in [0, 0.1) is 0 Å². The van der Waals surface area contributed by atoms with Crippen molar-refractivity contribution >= 4 is 29.8 Å². The van der Waals surface area contributed by atoms with Crippen LogP contribution in [0.25, 0.3) is 0 Å². The lowest BCUT2D eigenvalue weighted by atomic mass is 9.98. The minimum atomic E-state index is -0.0928. The van der Waals surface area contributed by atoms with Crippen molar-refractivity contribution < 1.29 is 20.2 Å². The van der Waals surface area contributed by atoms with Crippen molar-refractivity contribution in [3.05, 3.63) is 53.1 Å². The largest absolute Gasteiger partial charge is 0.508 e. The van der Waals surface area contributed by atoms with E-state index in [1.807, 2.05) is 27.0 Å². The Morgan fingerprint density at radius 2 is 1.80 bits per heavy atom. The second-order valence-corrected chi connectivity index (χ2v) is 8.13. The van der Waals surface area contributed by atoms with Gasteiger partial charge in [-0.2, -0.15) is 0 Å². The van der Waals surface area contributed by atoms with Crippen LogP contribution in [0.4, 0.5) is 11.4 Å². The van der Waals surface area contributed by atoms with E-state index in [0.29, 0.717) is 27.7 Å². The first-order valence-corrected chi connectivity index (χ1v) is 10.4. The third-order valence-electron chi connectivity index (χ3n) is 5.01. The Bertz CT molecular complexity index is 957. The summed E-state index contributed by atoms with van der Waals surface area (Å²) in [6, 6.07) is 8.32. The zero-order valence-corrected chi connectivity index (χ0v) is 19.2. The van der Waals surface area contributed by atoms with Crippen LogP contribution in [0.2, 0.25) is 0 Å². The molecule has 0 fully saturated rings. The number of nitrogens with zero attached hydrogens (tertiary/aromatic N) is 2. The van der Waals surface area contributed by atoms with Crippen LogP contribution < -0.4 is 9.80 Å². The molecule has 0 aliphatic carbocycles. The Kier molecular flexibility index (Phi) is 7.81. The summed E-state index contributed by atoms with van der Waals surface area (Å²) in [4.78, 5) is 7.19. The highest BCUT2D eigenvalue weighted by atomic mass is 32.1. The molecule has 30 heavy (non-hydrogen) atoms. The molecule has 0 saturated carbocycles. The van der Waals surface area contributed by atoms with Crippen molar-refractivity contribution in [1.29, 1.82) is 0 Å². The van der Waals surface area contributed by atoms with Gasteiger partial charge in [0.2, 0.25) is 0 Å². The van der Waals surface area contributed by atoms with Crippen molar-refractivity contribution in [3.8, 4) is 17.2 Å². The van der Waals surface area contributed by atoms with Gasteiger partial charge in [0.1, 0.15) is 17.3 Å². The molecule has 2 aromatic carbocycles. The normalized spacial score (nSPS) is 12.8. The highest BCUT2D eigenvalue weighted by Crippen LogP contribution is 2.36. The van der Waals surface area contributed by atoms with E-state index >= 15 is 0 Å². The topological polar surface area (TPSA) is 80.7 Å². The van der Waals surface area contributed by atoms with Crippen molar-refractivity contribution in [3.63, 3.8) is 0 Å². The van der Waals surface area contributed by atoms with E-state index in [-0.39, 0.29) is 23.2 Å². The lowest BCUT2D eigenvalue weighted by Gasteiger charge is -2.27. The summed E-state index contributed by atoms with van der Waals surface area (Å²) in [5.74, 6) is 0.638. The van der Waals surface area contributed by atoms with E-state index < -0.39 is 0 Å². The molecule has 1 unspecified atom stereocenters. The summed E-state index contributed by atoms with van der Waals surface area (Å²) in [6.45, 7) is 10.9. The van der Waals surface area contributed by atoms with Gasteiger partial charge in [0.15, 0.2) is 11.4 Å². The molecule has 0 saturated heterocycles. The minimum absolute atomic E-state index is 0.0367. The number of aromatic hydroxyl groups is 3. The summed E-state index contributed by atoms with van der Waals surface area (Å²) in [5.41, 5.74) is 2.62. The molecule has 0 radical (unpaired) electrons. The smallest absolute Gasteiger partial charge is 0.177 e. The van der Waals surface area contributed by atoms with Crippen LogP contribution >= 0.6 is 12.6 Å². The molecule has 1 atom stereocenters. The van der Waals surface area contributed by atoms with Gasteiger partial charge < -0.3 is 20.2 Å². The first-order chi connectivity index (χ1) is 14.1. The highest BCUT2D eigenvalue weighted by Gasteiger charge is 2.24. The van der Waals surface area contributed by atoms with Crippen molar-refractivity contribution in [2.75, 3.05) is 25.5 Å². The van der Waals surface area contributed by atoms with E-state index in [2.05, 4.69) is 31.1 Å². The van der Waals surface area contributed by atoms with Gasteiger partial charge in [0, 0.05) is 19.2 Å². The summed E-state index contributed by atoms with van der Waals surface area (Å²) in [7, 11) is 3.62. The van der Waals surface area contributed by atoms with Crippen LogP contribution in [0.15, 0.2) is 46.9 Å². The zero-order chi connectivity index (χ0) is 22.6. The number of hydrogen-bond donors (Lipinski definition) is 5. The molecule has 7 heteroatoms. The van der Waals surface area contributed by atoms with Gasteiger partial charge in [0.05, 0.1) is 29.9 Å². The monoisotopic (exact) mass is 430 g/mol. The average Bonchev–Trinajstić information content (AvgIpc) is 2.67. The van der Waals surface area contributed by atoms with Gasteiger partial charge in [0.25, 0.3) is 0 Å². The van der Waals surface area contributed by atoms with Crippen LogP contribution in [-0.2, 0) is 0 Å². The first-order valence-electron chi connectivity index (χ1n) is 9.99. The maximum Gasteiger partial charge on any atom is 0.177 e. The molecule has 6 nitrogen and oxygen atoms in total. The number of aliphatic imine (C=N–C) groups is 1. The quantitative estimate of drug-likeness (QED) is 0.201. The maximum absolute atomic E-state index is 10.6.